The first kappa shape index (κ1) is 24.3. The molecule has 0 saturated carbocycles. The summed E-state index contributed by atoms with van der Waals surface area (Å²) in [4.78, 5) is 12.2. The summed E-state index contributed by atoms with van der Waals surface area (Å²) in [6, 6.07) is 12.0. The fourth-order valence-corrected chi connectivity index (χ4v) is 3.56. The van der Waals surface area contributed by atoms with Gasteiger partial charge < -0.3 is 15.4 Å². The molecule has 4 nitrogen and oxygen atoms in total. The lowest BCUT2D eigenvalue weighted by atomic mass is 10.0. The van der Waals surface area contributed by atoms with Gasteiger partial charge in [0.2, 0.25) is 0 Å². The second-order valence-electron chi connectivity index (χ2n) is 7.42. The molecule has 0 spiro atoms. The molecule has 0 radical (unpaired) electrons. The van der Waals surface area contributed by atoms with E-state index in [1.165, 1.54) is 0 Å². The zero-order valence-corrected chi connectivity index (χ0v) is 18.8. The molecule has 0 aliphatic heterocycles. The number of hydrogen-bond donors (Lipinski definition) is 2. The number of halogens is 2. The Morgan fingerprint density at radius 2 is 1.90 bits per heavy atom. The number of carbonyl (C=O) groups excluding carboxylic acids is 1. The van der Waals surface area contributed by atoms with E-state index < -0.39 is 5.82 Å². The van der Waals surface area contributed by atoms with Crippen molar-refractivity contribution in [3.8, 4) is 11.5 Å². The van der Waals surface area contributed by atoms with Crippen LogP contribution >= 0.6 is 11.6 Å². The summed E-state index contributed by atoms with van der Waals surface area (Å²) in [7, 11) is 0. The highest BCUT2D eigenvalue weighted by atomic mass is 35.5. The molecule has 0 amide bonds. The average molecular weight is 435 g/mol. The van der Waals surface area contributed by atoms with Gasteiger partial charge >= 0.3 is 0 Å². The molecule has 0 aromatic heterocycles. The number of rotatable bonds is 13. The Hall–Kier alpha value is -1.95. The third kappa shape index (κ3) is 7.38. The van der Waals surface area contributed by atoms with Gasteiger partial charge in [0.05, 0.1) is 5.02 Å². The van der Waals surface area contributed by atoms with E-state index in [1.807, 2.05) is 39.0 Å². The van der Waals surface area contributed by atoms with Gasteiger partial charge in [0.15, 0.2) is 11.6 Å². The molecule has 0 aliphatic rings. The van der Waals surface area contributed by atoms with E-state index in [1.54, 1.807) is 24.3 Å². The summed E-state index contributed by atoms with van der Waals surface area (Å²) in [6.07, 6.45) is 2.48. The number of ether oxygens (including phenoxy) is 1. The van der Waals surface area contributed by atoms with Gasteiger partial charge in [0.1, 0.15) is 11.5 Å². The first-order valence-electron chi connectivity index (χ1n) is 10.7. The summed E-state index contributed by atoms with van der Waals surface area (Å²) in [5.41, 5.74) is 0.485. The van der Waals surface area contributed by atoms with Crippen molar-refractivity contribution in [2.45, 2.75) is 58.5 Å². The van der Waals surface area contributed by atoms with Crippen LogP contribution in [-0.2, 0) is 4.79 Å². The monoisotopic (exact) mass is 434 g/mol. The standard InChI is InChI=1S/C24H32ClFN2O2/c1-4-22(28-17(3)16-18(29)10-9-15-27-5-2)20-13-14-21(25)24(23(20)26)30-19-11-7-6-8-12-19/h6-8,11-14,17,22,27-28H,4-5,9-10,15-16H2,1-3H3/t17-,22+/m0/s1. The maximum absolute atomic E-state index is 15.3. The van der Waals surface area contributed by atoms with Crippen LogP contribution < -0.4 is 15.4 Å². The predicted molar refractivity (Wildman–Crippen MR) is 121 cm³/mol. The van der Waals surface area contributed by atoms with Crippen molar-refractivity contribution in [3.05, 3.63) is 58.9 Å². The Kier molecular flexibility index (Phi) is 10.3. The van der Waals surface area contributed by atoms with Gasteiger partial charge in [-0.05, 0) is 51.1 Å². The molecule has 0 aliphatic carbocycles. The van der Waals surface area contributed by atoms with E-state index in [2.05, 4.69) is 10.6 Å². The van der Waals surface area contributed by atoms with Crippen molar-refractivity contribution < 1.29 is 13.9 Å². The van der Waals surface area contributed by atoms with Gasteiger partial charge in [-0.2, -0.15) is 0 Å². The van der Waals surface area contributed by atoms with Crippen molar-refractivity contribution in [1.82, 2.24) is 10.6 Å². The second-order valence-corrected chi connectivity index (χ2v) is 7.83. The lowest BCUT2D eigenvalue weighted by Crippen LogP contribution is -2.32. The van der Waals surface area contributed by atoms with Crippen molar-refractivity contribution in [2.24, 2.45) is 0 Å². The summed E-state index contributed by atoms with van der Waals surface area (Å²) in [5.74, 6) is 0.281. The van der Waals surface area contributed by atoms with Gasteiger partial charge in [-0.15, -0.1) is 0 Å². The molecule has 30 heavy (non-hydrogen) atoms. The number of carbonyl (C=O) groups is 1. The largest absolute Gasteiger partial charge is 0.453 e. The molecule has 0 fully saturated rings. The Labute approximate surface area is 184 Å². The molecule has 164 valence electrons. The highest BCUT2D eigenvalue weighted by molar-refractivity contribution is 6.32. The summed E-state index contributed by atoms with van der Waals surface area (Å²) in [5, 5.41) is 6.83. The average Bonchev–Trinajstić information content (AvgIpc) is 2.73. The molecule has 0 heterocycles. The third-order valence-electron chi connectivity index (χ3n) is 4.90. The Morgan fingerprint density at radius 1 is 1.17 bits per heavy atom. The molecule has 2 N–H and O–H groups in total. The molecule has 0 saturated heterocycles. The Bertz CT molecular complexity index is 801. The van der Waals surface area contributed by atoms with Crippen LogP contribution in [0.3, 0.4) is 0 Å². The Balaban J connectivity index is 2.05. The fourth-order valence-electron chi connectivity index (χ4n) is 3.38. The van der Waals surface area contributed by atoms with Crippen LogP contribution in [-0.4, -0.2) is 24.9 Å². The molecule has 2 rings (SSSR count). The normalized spacial score (nSPS) is 13.1. The molecule has 0 unspecified atom stereocenters. The van der Waals surface area contributed by atoms with Crippen LogP contribution in [0.15, 0.2) is 42.5 Å². The molecule has 2 aromatic carbocycles. The highest BCUT2D eigenvalue weighted by Gasteiger charge is 2.22. The number of ketones is 1. The van der Waals surface area contributed by atoms with Crippen LogP contribution in [0.5, 0.6) is 11.5 Å². The number of nitrogens with one attached hydrogen (secondary N) is 2. The topological polar surface area (TPSA) is 50.4 Å². The van der Waals surface area contributed by atoms with E-state index in [-0.39, 0.29) is 28.6 Å². The van der Waals surface area contributed by atoms with Crippen LogP contribution in [0.1, 0.15) is 58.1 Å². The zero-order valence-electron chi connectivity index (χ0n) is 18.0. The third-order valence-corrected chi connectivity index (χ3v) is 5.20. The van der Waals surface area contributed by atoms with Crippen molar-refractivity contribution in [3.63, 3.8) is 0 Å². The minimum absolute atomic E-state index is 0.0211. The van der Waals surface area contributed by atoms with Crippen molar-refractivity contribution in [2.75, 3.05) is 13.1 Å². The number of hydrogen-bond acceptors (Lipinski definition) is 4. The van der Waals surface area contributed by atoms with Gasteiger partial charge in [-0.25, -0.2) is 4.39 Å². The smallest absolute Gasteiger partial charge is 0.181 e. The molecular formula is C24H32ClFN2O2. The van der Waals surface area contributed by atoms with Gasteiger partial charge in [0.25, 0.3) is 0 Å². The number of Topliss-reactive ketones (excluding diaryl/α,β-unsaturated/α-hetero) is 1. The van der Waals surface area contributed by atoms with E-state index in [4.69, 9.17) is 16.3 Å². The number of benzene rings is 2. The first-order valence-corrected chi connectivity index (χ1v) is 11.0. The first-order chi connectivity index (χ1) is 14.5. The van der Waals surface area contributed by atoms with Gasteiger partial charge in [-0.1, -0.05) is 49.7 Å². The summed E-state index contributed by atoms with van der Waals surface area (Å²) < 4.78 is 21.0. The van der Waals surface area contributed by atoms with Crippen LogP contribution in [0.2, 0.25) is 5.02 Å². The van der Waals surface area contributed by atoms with E-state index in [0.717, 1.165) is 19.5 Å². The van der Waals surface area contributed by atoms with Gasteiger partial charge in [0, 0.05) is 30.5 Å². The minimum atomic E-state index is -0.477. The molecule has 2 atom stereocenters. The predicted octanol–water partition coefficient (Wildman–Crippen LogP) is 6.05. The maximum atomic E-state index is 15.3. The van der Waals surface area contributed by atoms with Crippen LogP contribution in [0.25, 0.3) is 0 Å². The van der Waals surface area contributed by atoms with E-state index in [9.17, 15) is 4.79 Å². The summed E-state index contributed by atoms with van der Waals surface area (Å²) >= 11 is 6.21. The summed E-state index contributed by atoms with van der Waals surface area (Å²) in [6.45, 7) is 7.74. The van der Waals surface area contributed by atoms with Crippen molar-refractivity contribution >= 4 is 17.4 Å². The SMILES string of the molecule is CCNCCCC(=O)C[C@H](C)N[C@H](CC)c1ccc(Cl)c(Oc2ccccc2)c1F. The minimum Gasteiger partial charge on any atom is -0.453 e. The van der Waals surface area contributed by atoms with E-state index >= 15 is 4.39 Å². The highest BCUT2D eigenvalue weighted by Crippen LogP contribution is 2.36. The quantitative estimate of drug-likeness (QED) is 0.377. The Morgan fingerprint density at radius 3 is 2.57 bits per heavy atom. The molecule has 6 heteroatoms. The van der Waals surface area contributed by atoms with Crippen molar-refractivity contribution in [1.29, 1.82) is 0 Å². The van der Waals surface area contributed by atoms with Crippen LogP contribution in [0, 0.1) is 5.82 Å². The number of para-hydroxylation sites is 1. The maximum Gasteiger partial charge on any atom is 0.181 e. The molecule has 2 aromatic rings. The fraction of sp³-hybridized carbons (Fsp3) is 0.458. The lowest BCUT2D eigenvalue weighted by Gasteiger charge is -2.24. The van der Waals surface area contributed by atoms with Gasteiger partial charge in [-0.3, -0.25) is 4.79 Å². The van der Waals surface area contributed by atoms with E-state index in [0.29, 0.717) is 30.6 Å². The lowest BCUT2D eigenvalue weighted by molar-refractivity contribution is -0.119. The molecule has 0 bridgehead atoms. The zero-order chi connectivity index (χ0) is 21.9. The van der Waals surface area contributed by atoms with Crippen LogP contribution in [0.4, 0.5) is 4.39 Å². The molecular weight excluding hydrogens is 403 g/mol. The second kappa shape index (κ2) is 12.7.